The highest BCUT2D eigenvalue weighted by Crippen LogP contribution is 2.28. The van der Waals surface area contributed by atoms with Gasteiger partial charge in [0.15, 0.2) is 0 Å². The van der Waals surface area contributed by atoms with Crippen LogP contribution in [0.1, 0.15) is 0 Å². The average Bonchev–Trinajstić information content (AvgIpc) is 2.97. The third-order valence-electron chi connectivity index (χ3n) is 4.23. The second kappa shape index (κ2) is 5.98. The summed E-state index contributed by atoms with van der Waals surface area (Å²) in [7, 11) is 0. The molecule has 9 heteroatoms. The summed E-state index contributed by atoms with van der Waals surface area (Å²) in [6.07, 6.45) is 3.09. The van der Waals surface area contributed by atoms with Crippen LogP contribution in [0.2, 0.25) is 5.02 Å². The van der Waals surface area contributed by atoms with E-state index in [2.05, 4.69) is 10.1 Å². The van der Waals surface area contributed by atoms with Crippen molar-refractivity contribution in [2.45, 2.75) is 12.5 Å². The molecule has 2 aromatic heterocycles. The first-order valence-electron chi connectivity index (χ1n) is 7.75. The molecule has 134 valence electrons. The molecule has 26 heavy (non-hydrogen) atoms. The fourth-order valence-corrected chi connectivity index (χ4v) is 3.01. The molecule has 1 aliphatic rings. The maximum Gasteiger partial charge on any atom is 0.282 e. The van der Waals surface area contributed by atoms with E-state index in [9.17, 15) is 18.0 Å². The summed E-state index contributed by atoms with van der Waals surface area (Å²) in [6.45, 7) is -1.29. The lowest BCUT2D eigenvalue weighted by Gasteiger charge is -2.38. The molecule has 0 spiro atoms. The molecule has 3 aromatic rings. The van der Waals surface area contributed by atoms with Crippen LogP contribution in [-0.2, 0) is 11.3 Å². The number of alkyl halides is 2. The molecule has 1 aromatic carbocycles. The lowest BCUT2D eigenvalue weighted by Crippen LogP contribution is -2.59. The Morgan fingerprint density at radius 2 is 1.96 bits per heavy atom. The lowest BCUT2D eigenvalue weighted by atomic mass is 10.1. The van der Waals surface area contributed by atoms with Crippen molar-refractivity contribution in [2.75, 3.05) is 13.1 Å². The first kappa shape index (κ1) is 16.8. The van der Waals surface area contributed by atoms with Crippen molar-refractivity contribution >= 4 is 28.5 Å². The van der Waals surface area contributed by atoms with E-state index in [1.54, 1.807) is 18.3 Å². The summed E-state index contributed by atoms with van der Waals surface area (Å²) in [5.74, 6) is -3.76. The number of halogens is 4. The number of fused-ring (bicyclic) bond motifs is 1. The van der Waals surface area contributed by atoms with Gasteiger partial charge in [-0.3, -0.25) is 14.5 Å². The lowest BCUT2D eigenvalue weighted by molar-refractivity contribution is -0.166. The fourth-order valence-electron chi connectivity index (χ4n) is 2.83. The van der Waals surface area contributed by atoms with Gasteiger partial charge >= 0.3 is 0 Å². The van der Waals surface area contributed by atoms with Crippen LogP contribution in [0.15, 0.2) is 36.7 Å². The van der Waals surface area contributed by atoms with Crippen molar-refractivity contribution in [1.29, 1.82) is 0 Å². The Morgan fingerprint density at radius 1 is 1.19 bits per heavy atom. The van der Waals surface area contributed by atoms with Crippen LogP contribution in [0.25, 0.3) is 22.2 Å². The Morgan fingerprint density at radius 3 is 2.65 bits per heavy atom. The average molecular weight is 381 g/mol. The number of benzene rings is 1. The van der Waals surface area contributed by atoms with Gasteiger partial charge in [0.05, 0.1) is 29.8 Å². The number of hydrogen-bond acceptors (Lipinski definition) is 3. The van der Waals surface area contributed by atoms with Crippen LogP contribution in [0.3, 0.4) is 0 Å². The van der Waals surface area contributed by atoms with Crippen molar-refractivity contribution in [2.24, 2.45) is 0 Å². The van der Waals surface area contributed by atoms with Gasteiger partial charge in [0.2, 0.25) is 5.91 Å². The van der Waals surface area contributed by atoms with Crippen molar-refractivity contribution in [3.05, 3.63) is 47.5 Å². The Hall–Kier alpha value is -2.61. The van der Waals surface area contributed by atoms with E-state index in [4.69, 9.17) is 11.6 Å². The molecule has 0 saturated carbocycles. The number of likely N-dealkylation sites (tertiary alicyclic amines) is 1. The maximum absolute atomic E-state index is 13.3. The third kappa shape index (κ3) is 3.01. The molecule has 1 fully saturated rings. The molecule has 0 atom stereocenters. The number of pyridine rings is 1. The standard InChI is InChI=1S/C17H12ClF3N4O/c18-12-3-10(1-2-13(12)19)11-4-15-14(22-5-11)6-23-25(15)7-16(26)24-8-17(20,21)9-24/h1-6H,7-9H2. The molecular weight excluding hydrogens is 369 g/mol. The molecule has 5 nitrogen and oxygen atoms in total. The SMILES string of the molecule is O=C(Cn1ncc2ncc(-c3ccc(F)c(Cl)c3)cc21)N1CC(F)(F)C1. The van der Waals surface area contributed by atoms with Crippen LogP contribution in [-0.4, -0.2) is 44.6 Å². The fraction of sp³-hybridized carbons (Fsp3) is 0.235. The molecule has 3 heterocycles. The van der Waals surface area contributed by atoms with Gasteiger partial charge in [0.1, 0.15) is 17.9 Å². The van der Waals surface area contributed by atoms with Crippen molar-refractivity contribution in [3.8, 4) is 11.1 Å². The number of nitrogens with zero attached hydrogens (tertiary/aromatic N) is 4. The highest BCUT2D eigenvalue weighted by molar-refractivity contribution is 6.31. The van der Waals surface area contributed by atoms with Crippen molar-refractivity contribution in [1.82, 2.24) is 19.7 Å². The van der Waals surface area contributed by atoms with Gasteiger partial charge in [-0.25, -0.2) is 13.2 Å². The smallest absolute Gasteiger partial charge is 0.282 e. The molecule has 4 rings (SSSR count). The molecule has 1 aliphatic heterocycles. The van der Waals surface area contributed by atoms with Gasteiger partial charge in [-0.15, -0.1) is 0 Å². The zero-order chi connectivity index (χ0) is 18.5. The van der Waals surface area contributed by atoms with Crippen LogP contribution < -0.4 is 0 Å². The van der Waals surface area contributed by atoms with Gasteiger partial charge in [0.25, 0.3) is 5.92 Å². The van der Waals surface area contributed by atoms with Gasteiger partial charge in [0, 0.05) is 11.8 Å². The Labute approximate surface area is 151 Å². The van der Waals surface area contributed by atoms with Gasteiger partial charge in [-0.05, 0) is 23.8 Å². The summed E-state index contributed by atoms with van der Waals surface area (Å²) in [6, 6.07) is 6.05. The monoisotopic (exact) mass is 380 g/mol. The maximum atomic E-state index is 13.3. The van der Waals surface area contributed by atoms with E-state index in [-0.39, 0.29) is 11.6 Å². The minimum absolute atomic E-state index is 0.00926. The van der Waals surface area contributed by atoms with Crippen LogP contribution in [0, 0.1) is 5.82 Å². The topological polar surface area (TPSA) is 51.0 Å². The van der Waals surface area contributed by atoms with E-state index < -0.39 is 30.7 Å². The summed E-state index contributed by atoms with van der Waals surface area (Å²) < 4.78 is 40.6. The molecule has 0 aliphatic carbocycles. The van der Waals surface area contributed by atoms with Gasteiger partial charge in [-0.2, -0.15) is 5.10 Å². The number of aromatic nitrogens is 3. The minimum Gasteiger partial charge on any atom is -0.329 e. The number of hydrogen-bond donors (Lipinski definition) is 0. The molecule has 0 unspecified atom stereocenters. The predicted octanol–water partition coefficient (Wildman–Crippen LogP) is 3.37. The zero-order valence-electron chi connectivity index (χ0n) is 13.3. The van der Waals surface area contributed by atoms with E-state index in [0.717, 1.165) is 4.90 Å². The Bertz CT molecular complexity index is 1010. The Balaban J connectivity index is 1.62. The van der Waals surface area contributed by atoms with E-state index in [1.807, 2.05) is 0 Å². The second-order valence-corrected chi connectivity index (χ2v) is 6.57. The summed E-state index contributed by atoms with van der Waals surface area (Å²) >= 11 is 5.82. The van der Waals surface area contributed by atoms with E-state index >= 15 is 0 Å². The minimum atomic E-state index is -2.81. The van der Waals surface area contributed by atoms with Crippen LogP contribution in [0.5, 0.6) is 0 Å². The summed E-state index contributed by atoms with van der Waals surface area (Å²) in [4.78, 5) is 17.5. The highest BCUT2D eigenvalue weighted by atomic mass is 35.5. The van der Waals surface area contributed by atoms with Crippen molar-refractivity contribution in [3.63, 3.8) is 0 Å². The molecule has 1 saturated heterocycles. The van der Waals surface area contributed by atoms with Crippen LogP contribution >= 0.6 is 11.6 Å². The largest absolute Gasteiger partial charge is 0.329 e. The predicted molar refractivity (Wildman–Crippen MR) is 89.5 cm³/mol. The summed E-state index contributed by atoms with van der Waals surface area (Å²) in [5, 5.41) is 4.10. The second-order valence-electron chi connectivity index (χ2n) is 6.17. The highest BCUT2D eigenvalue weighted by Gasteiger charge is 2.46. The molecule has 0 bridgehead atoms. The first-order valence-corrected chi connectivity index (χ1v) is 8.13. The van der Waals surface area contributed by atoms with Gasteiger partial charge in [-0.1, -0.05) is 17.7 Å². The number of carbonyl (C=O) groups excluding carboxylic acids is 1. The summed E-state index contributed by atoms with van der Waals surface area (Å²) in [5.41, 5.74) is 2.46. The van der Waals surface area contributed by atoms with E-state index in [0.29, 0.717) is 22.2 Å². The number of amides is 1. The van der Waals surface area contributed by atoms with Crippen LogP contribution in [0.4, 0.5) is 13.2 Å². The zero-order valence-corrected chi connectivity index (χ0v) is 14.1. The first-order chi connectivity index (χ1) is 12.3. The third-order valence-corrected chi connectivity index (χ3v) is 4.52. The molecule has 1 amide bonds. The quantitative estimate of drug-likeness (QED) is 0.700. The normalized spacial score (nSPS) is 15.9. The number of carbonyl (C=O) groups is 1. The molecule has 0 N–H and O–H groups in total. The molecule has 0 radical (unpaired) electrons. The molecular formula is C17H12ClF3N4O. The number of rotatable bonds is 3. The van der Waals surface area contributed by atoms with Crippen molar-refractivity contribution < 1.29 is 18.0 Å². The van der Waals surface area contributed by atoms with Gasteiger partial charge < -0.3 is 4.90 Å². The van der Waals surface area contributed by atoms with E-state index in [1.165, 1.54) is 23.0 Å². The Kier molecular flexibility index (Phi) is 3.87.